The highest BCUT2D eigenvalue weighted by Crippen LogP contribution is 2.20. The second kappa shape index (κ2) is 7.40. The van der Waals surface area contributed by atoms with Gasteiger partial charge in [0.05, 0.1) is 18.5 Å². The van der Waals surface area contributed by atoms with E-state index in [2.05, 4.69) is 5.32 Å². The molecule has 0 radical (unpaired) electrons. The smallest absolute Gasteiger partial charge is 0.274 e. The van der Waals surface area contributed by atoms with E-state index in [1.807, 2.05) is 25.1 Å². The Morgan fingerprint density at radius 2 is 2.00 bits per heavy atom. The van der Waals surface area contributed by atoms with E-state index in [9.17, 15) is 14.9 Å². The molecule has 0 aliphatic heterocycles. The molecule has 0 aliphatic carbocycles. The molecular weight excluding hydrogens is 296 g/mol. The molecule has 1 amide bonds. The van der Waals surface area contributed by atoms with Crippen LogP contribution < -0.4 is 10.1 Å². The predicted molar refractivity (Wildman–Crippen MR) is 86.4 cm³/mol. The highest BCUT2D eigenvalue weighted by molar-refractivity contribution is 5.78. The van der Waals surface area contributed by atoms with Gasteiger partial charge in [0.2, 0.25) is 5.91 Å². The maximum absolute atomic E-state index is 12.0. The third-order valence-electron chi connectivity index (χ3n) is 3.50. The maximum atomic E-state index is 12.0. The molecule has 0 heterocycles. The number of aryl methyl sites for hydroxylation is 1. The molecule has 0 aliphatic rings. The zero-order valence-electron chi connectivity index (χ0n) is 13.0. The van der Waals surface area contributed by atoms with Crippen LogP contribution in [0, 0.1) is 17.0 Å². The van der Waals surface area contributed by atoms with Gasteiger partial charge in [-0.15, -0.1) is 0 Å². The van der Waals surface area contributed by atoms with E-state index in [1.165, 1.54) is 6.07 Å². The van der Waals surface area contributed by atoms with E-state index in [4.69, 9.17) is 4.74 Å². The molecule has 0 unspecified atom stereocenters. The second-order valence-corrected chi connectivity index (χ2v) is 5.14. The van der Waals surface area contributed by atoms with Crippen LogP contribution in [0.5, 0.6) is 5.75 Å². The van der Waals surface area contributed by atoms with Crippen molar-refractivity contribution in [3.63, 3.8) is 0 Å². The Hall–Kier alpha value is -2.89. The van der Waals surface area contributed by atoms with Crippen LogP contribution >= 0.6 is 0 Å². The van der Waals surface area contributed by atoms with Crippen LogP contribution in [0.4, 0.5) is 5.69 Å². The Morgan fingerprint density at radius 1 is 1.26 bits per heavy atom. The van der Waals surface area contributed by atoms with Gasteiger partial charge in [0.1, 0.15) is 5.75 Å². The number of hydrogen-bond acceptors (Lipinski definition) is 4. The summed E-state index contributed by atoms with van der Waals surface area (Å²) in [6.45, 7) is 2.05. The number of ether oxygens (including phenoxy) is 1. The molecule has 23 heavy (non-hydrogen) atoms. The summed E-state index contributed by atoms with van der Waals surface area (Å²) >= 11 is 0. The molecule has 6 nitrogen and oxygen atoms in total. The number of carbonyl (C=O) groups excluding carboxylic acids is 1. The van der Waals surface area contributed by atoms with Gasteiger partial charge in [-0.25, -0.2) is 0 Å². The molecule has 120 valence electrons. The first kappa shape index (κ1) is 16.5. The molecule has 0 spiro atoms. The van der Waals surface area contributed by atoms with E-state index in [0.717, 1.165) is 16.9 Å². The van der Waals surface area contributed by atoms with Crippen LogP contribution in [0.25, 0.3) is 0 Å². The van der Waals surface area contributed by atoms with Gasteiger partial charge in [-0.05, 0) is 24.1 Å². The largest absolute Gasteiger partial charge is 0.496 e. The molecule has 0 bridgehead atoms. The number of nitro benzene ring substituents is 1. The van der Waals surface area contributed by atoms with Gasteiger partial charge in [0, 0.05) is 18.2 Å². The number of nitro groups is 1. The first-order valence-electron chi connectivity index (χ1n) is 7.13. The summed E-state index contributed by atoms with van der Waals surface area (Å²) in [5.41, 5.74) is 2.31. The fourth-order valence-electron chi connectivity index (χ4n) is 2.25. The number of para-hydroxylation sites is 1. The number of methoxy groups -OCH3 is 1. The monoisotopic (exact) mass is 314 g/mol. The Balaban J connectivity index is 2.00. The van der Waals surface area contributed by atoms with Crippen molar-refractivity contribution in [1.82, 2.24) is 5.32 Å². The standard InChI is InChI=1S/C17H18N2O4/c1-12-7-8-13(9-16(12)23-2)10-17(20)18-11-14-5-3-4-6-15(14)19(21)22/h3-9H,10-11H2,1-2H3,(H,18,20). The summed E-state index contributed by atoms with van der Waals surface area (Å²) in [7, 11) is 1.58. The van der Waals surface area contributed by atoms with E-state index in [1.54, 1.807) is 25.3 Å². The Kier molecular flexibility index (Phi) is 5.30. The van der Waals surface area contributed by atoms with Crippen LogP contribution in [0.3, 0.4) is 0 Å². The minimum absolute atomic E-state index is 0.00445. The zero-order valence-corrected chi connectivity index (χ0v) is 13.0. The summed E-state index contributed by atoms with van der Waals surface area (Å²) in [5, 5.41) is 13.6. The Morgan fingerprint density at radius 3 is 2.70 bits per heavy atom. The number of nitrogens with one attached hydrogen (secondary N) is 1. The summed E-state index contributed by atoms with van der Waals surface area (Å²) in [6.07, 6.45) is 0.192. The predicted octanol–water partition coefficient (Wildman–Crippen LogP) is 2.77. The average Bonchev–Trinajstić information content (AvgIpc) is 2.55. The van der Waals surface area contributed by atoms with Crippen molar-refractivity contribution >= 4 is 11.6 Å². The van der Waals surface area contributed by atoms with Crippen LogP contribution in [-0.4, -0.2) is 17.9 Å². The maximum Gasteiger partial charge on any atom is 0.274 e. The summed E-state index contributed by atoms with van der Waals surface area (Å²) in [5.74, 6) is 0.531. The lowest BCUT2D eigenvalue weighted by Gasteiger charge is -2.09. The number of amides is 1. The Bertz CT molecular complexity index is 728. The lowest BCUT2D eigenvalue weighted by Crippen LogP contribution is -2.25. The SMILES string of the molecule is COc1cc(CC(=O)NCc2ccccc2[N+](=O)[O-])ccc1C. The van der Waals surface area contributed by atoms with Crippen LogP contribution in [0.1, 0.15) is 16.7 Å². The van der Waals surface area contributed by atoms with E-state index >= 15 is 0 Å². The highest BCUT2D eigenvalue weighted by Gasteiger charge is 2.13. The van der Waals surface area contributed by atoms with Crippen molar-refractivity contribution < 1.29 is 14.5 Å². The van der Waals surface area contributed by atoms with Crippen molar-refractivity contribution in [3.8, 4) is 5.75 Å². The summed E-state index contributed by atoms with van der Waals surface area (Å²) in [6, 6.07) is 11.9. The fraction of sp³-hybridized carbons (Fsp3) is 0.235. The van der Waals surface area contributed by atoms with Crippen molar-refractivity contribution in [2.24, 2.45) is 0 Å². The molecule has 0 atom stereocenters. The van der Waals surface area contributed by atoms with Gasteiger partial charge in [0.15, 0.2) is 0 Å². The molecule has 2 aromatic carbocycles. The molecule has 0 fully saturated rings. The number of nitrogens with zero attached hydrogens (tertiary/aromatic N) is 1. The second-order valence-electron chi connectivity index (χ2n) is 5.14. The minimum atomic E-state index is -0.452. The number of rotatable bonds is 6. The van der Waals surface area contributed by atoms with Crippen molar-refractivity contribution in [3.05, 3.63) is 69.3 Å². The van der Waals surface area contributed by atoms with Gasteiger partial charge < -0.3 is 10.1 Å². The molecule has 1 N–H and O–H groups in total. The van der Waals surface area contributed by atoms with Crippen molar-refractivity contribution in [1.29, 1.82) is 0 Å². The third kappa shape index (κ3) is 4.29. The molecule has 2 rings (SSSR count). The number of hydrogen-bond donors (Lipinski definition) is 1. The molecular formula is C17H18N2O4. The number of carbonyl (C=O) groups is 1. The van der Waals surface area contributed by atoms with Crippen molar-refractivity contribution in [2.45, 2.75) is 19.9 Å². The normalized spacial score (nSPS) is 10.2. The first-order chi connectivity index (χ1) is 11.0. The topological polar surface area (TPSA) is 81.5 Å². The van der Waals surface area contributed by atoms with Crippen LogP contribution in [0.2, 0.25) is 0 Å². The summed E-state index contributed by atoms with van der Waals surface area (Å²) < 4.78 is 5.23. The van der Waals surface area contributed by atoms with Gasteiger partial charge in [-0.2, -0.15) is 0 Å². The lowest BCUT2D eigenvalue weighted by molar-refractivity contribution is -0.385. The molecule has 2 aromatic rings. The van der Waals surface area contributed by atoms with Gasteiger partial charge in [-0.1, -0.05) is 30.3 Å². The van der Waals surface area contributed by atoms with E-state index in [-0.39, 0.29) is 24.6 Å². The van der Waals surface area contributed by atoms with E-state index in [0.29, 0.717) is 5.56 Å². The molecule has 0 aromatic heterocycles. The average molecular weight is 314 g/mol. The number of benzene rings is 2. The lowest BCUT2D eigenvalue weighted by atomic mass is 10.1. The quantitative estimate of drug-likeness (QED) is 0.656. The van der Waals surface area contributed by atoms with Crippen LogP contribution in [-0.2, 0) is 17.8 Å². The molecule has 6 heteroatoms. The minimum Gasteiger partial charge on any atom is -0.496 e. The van der Waals surface area contributed by atoms with Gasteiger partial charge in [-0.3, -0.25) is 14.9 Å². The molecule has 0 saturated heterocycles. The van der Waals surface area contributed by atoms with Gasteiger partial charge >= 0.3 is 0 Å². The highest BCUT2D eigenvalue weighted by atomic mass is 16.6. The van der Waals surface area contributed by atoms with Gasteiger partial charge in [0.25, 0.3) is 5.69 Å². The first-order valence-corrected chi connectivity index (χ1v) is 7.13. The zero-order chi connectivity index (χ0) is 16.8. The van der Waals surface area contributed by atoms with E-state index < -0.39 is 4.92 Å². The third-order valence-corrected chi connectivity index (χ3v) is 3.50. The molecule has 0 saturated carbocycles. The fourth-order valence-corrected chi connectivity index (χ4v) is 2.25. The van der Waals surface area contributed by atoms with Crippen molar-refractivity contribution in [2.75, 3.05) is 7.11 Å². The summed E-state index contributed by atoms with van der Waals surface area (Å²) in [4.78, 5) is 22.5. The Labute approximate surface area is 134 Å². The van der Waals surface area contributed by atoms with Crippen LogP contribution in [0.15, 0.2) is 42.5 Å².